The molecule has 2 heterocycles. The first kappa shape index (κ1) is 15.9. The maximum absolute atomic E-state index is 12.2. The van der Waals surface area contributed by atoms with Crippen molar-refractivity contribution in [3.63, 3.8) is 0 Å². The van der Waals surface area contributed by atoms with E-state index in [1.54, 1.807) is 12.1 Å². The fraction of sp³-hybridized carbons (Fsp3) is 0.250. The van der Waals surface area contributed by atoms with Crippen molar-refractivity contribution in [1.29, 1.82) is 0 Å². The number of rotatable bonds is 3. The summed E-state index contributed by atoms with van der Waals surface area (Å²) in [6, 6.07) is 7.26. The van der Waals surface area contributed by atoms with Crippen LogP contribution in [0.5, 0.6) is 0 Å². The van der Waals surface area contributed by atoms with Gasteiger partial charge < -0.3 is 10.1 Å². The Labute approximate surface area is 135 Å². The molecule has 1 atom stereocenters. The van der Waals surface area contributed by atoms with E-state index in [0.717, 1.165) is 10.1 Å². The fourth-order valence-electron chi connectivity index (χ4n) is 2.45. The van der Waals surface area contributed by atoms with Crippen LogP contribution in [0.15, 0.2) is 38.6 Å². The average Bonchev–Trinajstić information content (AvgIpc) is 2.54. The lowest BCUT2D eigenvalue weighted by molar-refractivity contribution is 0.177. The van der Waals surface area contributed by atoms with Gasteiger partial charge in [0.25, 0.3) is 11.1 Å². The molecular weight excluding hydrogens is 312 g/mol. The van der Waals surface area contributed by atoms with Gasteiger partial charge in [-0.25, -0.2) is 9.78 Å². The molecule has 0 amide bonds. The van der Waals surface area contributed by atoms with Gasteiger partial charge in [0.15, 0.2) is 5.52 Å². The number of fused-ring (bicyclic) bond motifs is 1. The summed E-state index contributed by atoms with van der Waals surface area (Å²) in [5.41, 5.74) is -0.150. The number of aryl methyl sites for hydroxylation is 2. The minimum Gasteiger partial charge on any atom is -0.388 e. The summed E-state index contributed by atoms with van der Waals surface area (Å²) in [5, 5.41) is 10.3. The van der Waals surface area contributed by atoms with E-state index in [1.807, 2.05) is 19.1 Å². The number of hydrogen-bond acceptors (Lipinski definition) is 5. The highest BCUT2D eigenvalue weighted by Gasteiger charge is 2.15. The second-order valence-corrected chi connectivity index (χ2v) is 5.66. The minimum absolute atomic E-state index is 0.0275. The van der Waals surface area contributed by atoms with Gasteiger partial charge in [0, 0.05) is 13.5 Å². The zero-order valence-electron chi connectivity index (χ0n) is 13.2. The van der Waals surface area contributed by atoms with Gasteiger partial charge in [0.2, 0.25) is 0 Å². The molecule has 3 aromatic rings. The van der Waals surface area contributed by atoms with Gasteiger partial charge in [-0.05, 0) is 12.5 Å². The molecule has 8 heteroatoms. The van der Waals surface area contributed by atoms with Crippen molar-refractivity contribution >= 4 is 11.2 Å². The van der Waals surface area contributed by atoms with E-state index < -0.39 is 22.9 Å². The van der Waals surface area contributed by atoms with Crippen LogP contribution in [0.3, 0.4) is 0 Å². The van der Waals surface area contributed by atoms with Crippen molar-refractivity contribution in [2.75, 3.05) is 0 Å². The van der Waals surface area contributed by atoms with E-state index >= 15 is 0 Å². The van der Waals surface area contributed by atoms with Crippen molar-refractivity contribution in [3.05, 3.63) is 72.3 Å². The lowest BCUT2D eigenvalue weighted by Crippen LogP contribution is -2.32. The van der Waals surface area contributed by atoms with Gasteiger partial charge >= 0.3 is 5.69 Å². The van der Waals surface area contributed by atoms with Crippen LogP contribution in [0, 0.1) is 6.92 Å². The number of nitrogens with one attached hydrogen (secondary N) is 2. The van der Waals surface area contributed by atoms with Crippen LogP contribution < -0.4 is 16.8 Å². The monoisotopic (exact) mass is 328 g/mol. The average molecular weight is 328 g/mol. The zero-order chi connectivity index (χ0) is 17.4. The van der Waals surface area contributed by atoms with E-state index in [2.05, 4.69) is 15.0 Å². The van der Waals surface area contributed by atoms with Gasteiger partial charge in [-0.3, -0.25) is 19.1 Å². The fourth-order valence-corrected chi connectivity index (χ4v) is 2.45. The zero-order valence-corrected chi connectivity index (χ0v) is 13.2. The van der Waals surface area contributed by atoms with Crippen LogP contribution in [-0.4, -0.2) is 24.6 Å². The molecule has 0 radical (unpaired) electrons. The topological polar surface area (TPSA) is 121 Å². The lowest BCUT2D eigenvalue weighted by atomic mass is 10.0. The molecule has 24 heavy (non-hydrogen) atoms. The van der Waals surface area contributed by atoms with Gasteiger partial charge in [-0.1, -0.05) is 29.8 Å². The summed E-state index contributed by atoms with van der Waals surface area (Å²) in [6.07, 6.45) is -0.973. The summed E-state index contributed by atoms with van der Waals surface area (Å²) in [6.45, 7) is 1.93. The Kier molecular flexibility index (Phi) is 3.90. The maximum Gasteiger partial charge on any atom is 0.329 e. The Morgan fingerprint density at radius 1 is 1.12 bits per heavy atom. The van der Waals surface area contributed by atoms with Crippen LogP contribution in [0.25, 0.3) is 11.2 Å². The molecule has 8 nitrogen and oxygen atoms in total. The summed E-state index contributed by atoms with van der Waals surface area (Å²) in [7, 11) is 1.42. The largest absolute Gasteiger partial charge is 0.388 e. The van der Waals surface area contributed by atoms with Crippen LogP contribution >= 0.6 is 0 Å². The number of hydrogen-bond donors (Lipinski definition) is 3. The SMILES string of the molecule is Cc1ccc(C(O)Cc2nc3c(=O)[nH]c(=O)n(C)c3[nH]c2=O)cc1. The molecule has 2 aromatic heterocycles. The molecule has 0 saturated carbocycles. The highest BCUT2D eigenvalue weighted by molar-refractivity contribution is 5.68. The van der Waals surface area contributed by atoms with Crippen molar-refractivity contribution < 1.29 is 5.11 Å². The van der Waals surface area contributed by atoms with Gasteiger partial charge in [-0.2, -0.15) is 0 Å². The molecule has 0 saturated heterocycles. The number of H-pyrrole nitrogens is 2. The maximum atomic E-state index is 12.2. The van der Waals surface area contributed by atoms with E-state index in [9.17, 15) is 19.5 Å². The predicted molar refractivity (Wildman–Crippen MR) is 88.1 cm³/mol. The molecule has 0 aliphatic heterocycles. The standard InChI is InChI=1S/C16H16N4O4/c1-8-3-5-9(6-4-8)11(21)7-10-14(22)18-13-12(17-10)15(23)19-16(24)20(13)2/h3-6,11,21H,7H2,1-2H3,(H,18,22)(H,19,23,24). The molecule has 1 aromatic carbocycles. The van der Waals surface area contributed by atoms with Crippen LogP contribution in [0.2, 0.25) is 0 Å². The first-order valence-electron chi connectivity index (χ1n) is 7.33. The smallest absolute Gasteiger partial charge is 0.329 e. The summed E-state index contributed by atoms with van der Waals surface area (Å²) in [5.74, 6) is 0. The molecule has 0 bridgehead atoms. The summed E-state index contributed by atoms with van der Waals surface area (Å²) < 4.78 is 1.10. The van der Waals surface area contributed by atoms with Crippen molar-refractivity contribution in [2.45, 2.75) is 19.4 Å². The van der Waals surface area contributed by atoms with E-state index in [1.165, 1.54) is 7.05 Å². The second kappa shape index (κ2) is 5.89. The van der Waals surface area contributed by atoms with Gasteiger partial charge in [0.1, 0.15) is 11.3 Å². The first-order chi connectivity index (χ1) is 11.4. The van der Waals surface area contributed by atoms with Gasteiger partial charge in [-0.15, -0.1) is 0 Å². The summed E-state index contributed by atoms with van der Waals surface area (Å²) in [4.78, 5) is 44.3. The summed E-state index contributed by atoms with van der Waals surface area (Å²) >= 11 is 0. The highest BCUT2D eigenvalue weighted by Crippen LogP contribution is 2.16. The number of nitrogens with zero attached hydrogens (tertiary/aromatic N) is 2. The third-order valence-electron chi connectivity index (χ3n) is 3.89. The van der Waals surface area contributed by atoms with Crippen LogP contribution in [-0.2, 0) is 13.5 Å². The molecule has 3 rings (SSSR count). The number of aromatic nitrogens is 4. The number of aliphatic hydroxyl groups is 1. The van der Waals surface area contributed by atoms with Gasteiger partial charge in [0.05, 0.1) is 6.10 Å². The molecule has 0 aliphatic rings. The minimum atomic E-state index is -0.928. The van der Waals surface area contributed by atoms with E-state index in [-0.39, 0.29) is 23.3 Å². The third kappa shape index (κ3) is 2.79. The third-order valence-corrected chi connectivity index (χ3v) is 3.89. The highest BCUT2D eigenvalue weighted by atomic mass is 16.3. The van der Waals surface area contributed by atoms with E-state index in [4.69, 9.17) is 0 Å². The molecule has 1 unspecified atom stereocenters. The predicted octanol–water partition coefficient (Wildman–Crippen LogP) is -0.105. The Balaban J connectivity index is 2.06. The molecular formula is C16H16N4O4. The number of aromatic amines is 2. The van der Waals surface area contributed by atoms with E-state index in [0.29, 0.717) is 5.56 Å². The first-order valence-corrected chi connectivity index (χ1v) is 7.33. The van der Waals surface area contributed by atoms with Crippen molar-refractivity contribution in [1.82, 2.24) is 19.5 Å². The number of benzene rings is 1. The second-order valence-electron chi connectivity index (χ2n) is 5.66. The van der Waals surface area contributed by atoms with Crippen LogP contribution in [0.1, 0.15) is 22.9 Å². The lowest BCUT2D eigenvalue weighted by Gasteiger charge is -2.11. The van der Waals surface area contributed by atoms with Crippen molar-refractivity contribution in [3.8, 4) is 0 Å². The normalized spacial score (nSPS) is 12.5. The Morgan fingerprint density at radius 2 is 1.79 bits per heavy atom. The van der Waals surface area contributed by atoms with Crippen molar-refractivity contribution in [2.24, 2.45) is 7.05 Å². The quantitative estimate of drug-likeness (QED) is 0.620. The Bertz CT molecular complexity index is 1080. The molecule has 0 aliphatic carbocycles. The Hall–Kier alpha value is -3.00. The number of aliphatic hydroxyl groups excluding tert-OH is 1. The molecule has 0 spiro atoms. The molecule has 124 valence electrons. The molecule has 0 fully saturated rings. The Morgan fingerprint density at radius 3 is 2.46 bits per heavy atom. The van der Waals surface area contributed by atoms with Crippen LogP contribution in [0.4, 0.5) is 0 Å². The molecule has 3 N–H and O–H groups in total.